The fourth-order valence-corrected chi connectivity index (χ4v) is 1.22. The second-order valence-electron chi connectivity index (χ2n) is 3.25. The van der Waals surface area contributed by atoms with Crippen LogP contribution < -0.4 is 9.78 Å². The van der Waals surface area contributed by atoms with E-state index in [1.54, 1.807) is 0 Å². The molecule has 0 radical (unpaired) electrons. The summed E-state index contributed by atoms with van der Waals surface area (Å²) in [6.07, 6.45) is 0. The minimum Gasteiger partial charge on any atom is -0.290 e. The van der Waals surface area contributed by atoms with Crippen LogP contribution in [0.1, 0.15) is 5.56 Å². The molecule has 2 rings (SSSR count). The molecule has 2 aromatic carbocycles. The molecule has 0 N–H and O–H groups in total. The summed E-state index contributed by atoms with van der Waals surface area (Å²) in [6.45, 7) is 1.98. The Labute approximate surface area is 89.0 Å². The zero-order valence-corrected chi connectivity index (χ0v) is 8.51. The highest BCUT2D eigenvalue weighted by Gasteiger charge is 1.99. The van der Waals surface area contributed by atoms with Crippen molar-refractivity contribution in [1.82, 2.24) is 0 Å². The van der Waals surface area contributed by atoms with Gasteiger partial charge in [-0.1, -0.05) is 36.4 Å². The molecule has 0 saturated carbocycles. The van der Waals surface area contributed by atoms with Gasteiger partial charge in [0, 0.05) is 0 Å². The third-order valence-electron chi connectivity index (χ3n) is 2.06. The van der Waals surface area contributed by atoms with Gasteiger partial charge >= 0.3 is 0 Å². The highest BCUT2D eigenvalue weighted by Crippen LogP contribution is 2.18. The number of para-hydroxylation sites is 2. The second-order valence-corrected chi connectivity index (χ2v) is 3.25. The molecule has 0 spiro atoms. The van der Waals surface area contributed by atoms with Crippen LogP contribution in [0, 0.1) is 6.92 Å². The molecule has 15 heavy (non-hydrogen) atoms. The van der Waals surface area contributed by atoms with Crippen molar-refractivity contribution in [3.63, 3.8) is 0 Å². The number of rotatable bonds is 3. The molecular weight excluding hydrogens is 188 g/mol. The Morgan fingerprint density at radius 1 is 0.733 bits per heavy atom. The van der Waals surface area contributed by atoms with Crippen LogP contribution in [-0.4, -0.2) is 0 Å². The van der Waals surface area contributed by atoms with Gasteiger partial charge in [0.05, 0.1) is 0 Å². The van der Waals surface area contributed by atoms with Crippen molar-refractivity contribution in [1.29, 1.82) is 0 Å². The molecule has 0 heterocycles. The van der Waals surface area contributed by atoms with Gasteiger partial charge in [0.2, 0.25) is 0 Å². The third kappa shape index (κ3) is 2.50. The lowest BCUT2D eigenvalue weighted by Crippen LogP contribution is -2.01. The molecule has 2 nitrogen and oxygen atoms in total. The van der Waals surface area contributed by atoms with Crippen LogP contribution in [0.15, 0.2) is 54.6 Å². The van der Waals surface area contributed by atoms with E-state index in [0.29, 0.717) is 5.75 Å². The van der Waals surface area contributed by atoms with E-state index in [9.17, 15) is 0 Å². The van der Waals surface area contributed by atoms with Gasteiger partial charge in [0.1, 0.15) is 0 Å². The van der Waals surface area contributed by atoms with Gasteiger partial charge in [0.25, 0.3) is 0 Å². The van der Waals surface area contributed by atoms with Crippen molar-refractivity contribution in [2.24, 2.45) is 0 Å². The average molecular weight is 200 g/mol. The van der Waals surface area contributed by atoms with Crippen LogP contribution in [-0.2, 0) is 0 Å². The first-order valence-electron chi connectivity index (χ1n) is 4.81. The maximum atomic E-state index is 5.22. The van der Waals surface area contributed by atoms with Crippen molar-refractivity contribution in [3.8, 4) is 11.5 Å². The summed E-state index contributed by atoms with van der Waals surface area (Å²) in [5, 5.41) is 0. The summed E-state index contributed by atoms with van der Waals surface area (Å²) in [6, 6.07) is 17.1. The lowest BCUT2D eigenvalue weighted by Gasteiger charge is -2.07. The normalized spacial score (nSPS) is 9.67. The van der Waals surface area contributed by atoms with Gasteiger partial charge in [-0.2, -0.15) is 0 Å². The molecule has 76 valence electrons. The van der Waals surface area contributed by atoms with Gasteiger partial charge in [-0.3, -0.25) is 9.78 Å². The first-order chi connectivity index (χ1) is 7.36. The van der Waals surface area contributed by atoms with E-state index in [0.717, 1.165) is 11.3 Å². The van der Waals surface area contributed by atoms with E-state index in [1.165, 1.54) is 0 Å². The topological polar surface area (TPSA) is 18.5 Å². The zero-order valence-electron chi connectivity index (χ0n) is 8.51. The second kappa shape index (κ2) is 4.51. The van der Waals surface area contributed by atoms with Crippen molar-refractivity contribution in [2.75, 3.05) is 0 Å². The molecule has 0 aliphatic rings. The van der Waals surface area contributed by atoms with Gasteiger partial charge in [-0.25, -0.2) is 0 Å². The first-order valence-corrected chi connectivity index (χ1v) is 4.81. The van der Waals surface area contributed by atoms with Crippen LogP contribution >= 0.6 is 0 Å². The van der Waals surface area contributed by atoms with E-state index in [2.05, 4.69) is 0 Å². The van der Waals surface area contributed by atoms with Crippen molar-refractivity contribution < 1.29 is 9.78 Å². The fourth-order valence-electron chi connectivity index (χ4n) is 1.22. The van der Waals surface area contributed by atoms with E-state index < -0.39 is 0 Å². The van der Waals surface area contributed by atoms with Gasteiger partial charge in [0.15, 0.2) is 11.5 Å². The molecule has 0 unspecified atom stereocenters. The Hall–Kier alpha value is -1.96. The van der Waals surface area contributed by atoms with Crippen LogP contribution in [0.25, 0.3) is 0 Å². The highest BCUT2D eigenvalue weighted by molar-refractivity contribution is 5.31. The number of hydrogen-bond acceptors (Lipinski definition) is 2. The minimum absolute atomic E-state index is 0.695. The van der Waals surface area contributed by atoms with E-state index in [4.69, 9.17) is 9.78 Å². The Balaban J connectivity index is 2.03. The summed E-state index contributed by atoms with van der Waals surface area (Å²) in [7, 11) is 0. The lowest BCUT2D eigenvalue weighted by atomic mass is 10.2. The van der Waals surface area contributed by atoms with Gasteiger partial charge in [-0.15, -0.1) is 0 Å². The summed E-state index contributed by atoms with van der Waals surface area (Å²) in [5.74, 6) is 1.43. The Morgan fingerprint density at radius 2 is 1.40 bits per heavy atom. The average Bonchev–Trinajstić information content (AvgIpc) is 2.29. The Bertz CT molecular complexity index is 424. The summed E-state index contributed by atoms with van der Waals surface area (Å²) in [5.41, 5.74) is 1.05. The smallest absolute Gasteiger partial charge is 0.181 e. The fraction of sp³-hybridized carbons (Fsp3) is 0.0769. The quantitative estimate of drug-likeness (QED) is 0.558. The molecule has 0 fully saturated rings. The minimum atomic E-state index is 0.695. The predicted octanol–water partition coefficient (Wildman–Crippen LogP) is 3.37. The number of aryl methyl sites for hydroxylation is 1. The van der Waals surface area contributed by atoms with E-state index in [1.807, 2.05) is 61.5 Å². The molecular formula is C13H12O2. The number of benzene rings is 2. The van der Waals surface area contributed by atoms with Crippen LogP contribution in [0.5, 0.6) is 11.5 Å². The molecule has 0 aliphatic heterocycles. The SMILES string of the molecule is Cc1ccccc1OOc1ccccc1. The summed E-state index contributed by atoms with van der Waals surface area (Å²) in [4.78, 5) is 10.4. The molecule has 0 aromatic heterocycles. The Morgan fingerprint density at radius 3 is 2.13 bits per heavy atom. The van der Waals surface area contributed by atoms with Crippen molar-refractivity contribution >= 4 is 0 Å². The van der Waals surface area contributed by atoms with Crippen molar-refractivity contribution in [3.05, 3.63) is 60.2 Å². The summed E-state index contributed by atoms with van der Waals surface area (Å²) < 4.78 is 0. The predicted molar refractivity (Wildman–Crippen MR) is 58.9 cm³/mol. The molecule has 0 amide bonds. The summed E-state index contributed by atoms with van der Waals surface area (Å²) >= 11 is 0. The molecule has 2 heteroatoms. The standard InChI is InChI=1S/C13H12O2/c1-11-7-5-6-10-13(11)15-14-12-8-3-2-4-9-12/h2-10H,1H3. The molecule has 0 saturated heterocycles. The van der Waals surface area contributed by atoms with E-state index in [-0.39, 0.29) is 0 Å². The monoisotopic (exact) mass is 200 g/mol. The third-order valence-corrected chi connectivity index (χ3v) is 2.06. The van der Waals surface area contributed by atoms with Gasteiger partial charge in [-0.05, 0) is 30.7 Å². The van der Waals surface area contributed by atoms with Crippen molar-refractivity contribution in [2.45, 2.75) is 6.92 Å². The molecule has 0 bridgehead atoms. The molecule has 2 aromatic rings. The number of hydrogen-bond donors (Lipinski definition) is 0. The van der Waals surface area contributed by atoms with E-state index >= 15 is 0 Å². The Kier molecular flexibility index (Phi) is 2.88. The largest absolute Gasteiger partial charge is 0.290 e. The maximum absolute atomic E-state index is 5.22. The van der Waals surface area contributed by atoms with Crippen LogP contribution in [0.2, 0.25) is 0 Å². The zero-order chi connectivity index (χ0) is 10.5. The first kappa shape index (κ1) is 9.59. The highest BCUT2D eigenvalue weighted by atomic mass is 17.2. The maximum Gasteiger partial charge on any atom is 0.181 e. The van der Waals surface area contributed by atoms with Gasteiger partial charge < -0.3 is 0 Å². The van der Waals surface area contributed by atoms with Crippen LogP contribution in [0.4, 0.5) is 0 Å². The molecule has 0 aliphatic carbocycles. The lowest BCUT2D eigenvalue weighted by molar-refractivity contribution is -0.100. The van der Waals surface area contributed by atoms with Crippen LogP contribution in [0.3, 0.4) is 0 Å². The molecule has 0 atom stereocenters.